The van der Waals surface area contributed by atoms with Crippen molar-refractivity contribution >= 4 is 34.8 Å². The molecule has 0 N–H and O–H groups in total. The zero-order chi connectivity index (χ0) is 20.4. The molecular formula is C23H19Cl2N3O. The normalized spacial score (nSPS) is 11.0. The molecule has 1 amide bonds. The Balaban J connectivity index is 1.77. The quantitative estimate of drug-likeness (QED) is 0.407. The lowest BCUT2D eigenvalue weighted by molar-refractivity contribution is 0.0722. The third-order valence-electron chi connectivity index (χ3n) is 4.74. The average Bonchev–Trinajstić information content (AvgIpc) is 3.05. The highest BCUT2D eigenvalue weighted by atomic mass is 35.5. The Kier molecular flexibility index (Phi) is 5.56. The smallest absolute Gasteiger partial charge is 0.273 e. The van der Waals surface area contributed by atoms with Gasteiger partial charge in [0, 0.05) is 19.3 Å². The van der Waals surface area contributed by atoms with Gasteiger partial charge in [-0.2, -0.15) is 0 Å². The SMILES string of the molecule is Cc1nc2c(Cl)cc(Cl)cn2c1C(=O)N(Cc1ccccc1)Cc1ccccc1. The molecule has 0 aliphatic rings. The van der Waals surface area contributed by atoms with E-state index in [2.05, 4.69) is 4.98 Å². The van der Waals surface area contributed by atoms with Crippen molar-refractivity contribution in [1.29, 1.82) is 0 Å². The van der Waals surface area contributed by atoms with E-state index < -0.39 is 0 Å². The lowest BCUT2D eigenvalue weighted by atomic mass is 10.1. The van der Waals surface area contributed by atoms with Gasteiger partial charge >= 0.3 is 0 Å². The van der Waals surface area contributed by atoms with Crippen molar-refractivity contribution in [3.05, 3.63) is 105 Å². The number of hydrogen-bond acceptors (Lipinski definition) is 2. The number of benzene rings is 2. The maximum atomic E-state index is 13.7. The summed E-state index contributed by atoms with van der Waals surface area (Å²) in [5, 5.41) is 0.865. The first-order valence-corrected chi connectivity index (χ1v) is 9.99. The third kappa shape index (κ3) is 4.14. The number of carbonyl (C=O) groups excluding carboxylic acids is 1. The zero-order valence-electron chi connectivity index (χ0n) is 15.8. The molecule has 2 aromatic carbocycles. The second-order valence-corrected chi connectivity index (χ2v) is 7.72. The summed E-state index contributed by atoms with van der Waals surface area (Å²) >= 11 is 12.5. The first-order valence-electron chi connectivity index (χ1n) is 9.24. The van der Waals surface area contributed by atoms with E-state index in [-0.39, 0.29) is 5.91 Å². The van der Waals surface area contributed by atoms with Crippen LogP contribution in [0.2, 0.25) is 10.0 Å². The molecule has 4 rings (SSSR count). The number of carbonyl (C=O) groups is 1. The Morgan fingerprint density at radius 2 is 1.52 bits per heavy atom. The monoisotopic (exact) mass is 423 g/mol. The Hall–Kier alpha value is -2.82. The summed E-state index contributed by atoms with van der Waals surface area (Å²) in [6.45, 7) is 2.78. The molecule has 2 aromatic heterocycles. The highest BCUT2D eigenvalue weighted by molar-refractivity contribution is 6.36. The molecule has 146 valence electrons. The van der Waals surface area contributed by atoms with Gasteiger partial charge < -0.3 is 4.90 Å². The number of hydrogen-bond donors (Lipinski definition) is 0. The van der Waals surface area contributed by atoms with Crippen LogP contribution in [0.15, 0.2) is 72.9 Å². The maximum Gasteiger partial charge on any atom is 0.273 e. The first-order chi connectivity index (χ1) is 14.0. The van der Waals surface area contributed by atoms with Gasteiger partial charge in [-0.1, -0.05) is 83.9 Å². The van der Waals surface area contributed by atoms with Gasteiger partial charge in [0.2, 0.25) is 0 Å². The maximum absolute atomic E-state index is 13.7. The lowest BCUT2D eigenvalue weighted by Crippen LogP contribution is -2.31. The van der Waals surface area contributed by atoms with Crippen molar-refractivity contribution in [2.75, 3.05) is 0 Å². The Morgan fingerprint density at radius 3 is 2.07 bits per heavy atom. The Morgan fingerprint density at radius 1 is 0.966 bits per heavy atom. The van der Waals surface area contributed by atoms with Gasteiger partial charge in [-0.25, -0.2) is 4.98 Å². The molecule has 0 aliphatic heterocycles. The van der Waals surface area contributed by atoms with E-state index >= 15 is 0 Å². The molecule has 0 radical (unpaired) electrons. The van der Waals surface area contributed by atoms with Crippen molar-refractivity contribution in [2.45, 2.75) is 20.0 Å². The molecule has 29 heavy (non-hydrogen) atoms. The van der Waals surface area contributed by atoms with Crippen molar-refractivity contribution in [3.63, 3.8) is 0 Å². The van der Waals surface area contributed by atoms with Crippen molar-refractivity contribution in [2.24, 2.45) is 0 Å². The van der Waals surface area contributed by atoms with E-state index in [1.165, 1.54) is 0 Å². The minimum absolute atomic E-state index is 0.124. The number of rotatable bonds is 5. The molecule has 0 saturated carbocycles. The fraction of sp³-hybridized carbons (Fsp3) is 0.130. The minimum Gasteiger partial charge on any atom is -0.329 e. The van der Waals surface area contributed by atoms with Crippen LogP contribution < -0.4 is 0 Å². The van der Waals surface area contributed by atoms with Gasteiger partial charge in [-0.3, -0.25) is 9.20 Å². The van der Waals surface area contributed by atoms with E-state index in [1.807, 2.05) is 72.5 Å². The zero-order valence-corrected chi connectivity index (χ0v) is 17.4. The van der Waals surface area contributed by atoms with Crippen LogP contribution in [0.5, 0.6) is 0 Å². The summed E-state index contributed by atoms with van der Waals surface area (Å²) in [6, 6.07) is 21.5. The van der Waals surface area contributed by atoms with Gasteiger partial charge in [-0.15, -0.1) is 0 Å². The predicted molar refractivity (Wildman–Crippen MR) is 116 cm³/mol. The van der Waals surface area contributed by atoms with Crippen molar-refractivity contribution < 1.29 is 4.79 Å². The topological polar surface area (TPSA) is 37.6 Å². The van der Waals surface area contributed by atoms with Crippen LogP contribution in [0, 0.1) is 6.92 Å². The van der Waals surface area contributed by atoms with Crippen LogP contribution in [0.3, 0.4) is 0 Å². The molecular weight excluding hydrogens is 405 g/mol. The average molecular weight is 424 g/mol. The van der Waals surface area contributed by atoms with Gasteiger partial charge in [0.15, 0.2) is 5.65 Å². The van der Waals surface area contributed by atoms with E-state index in [1.54, 1.807) is 16.7 Å². The molecule has 4 aromatic rings. The molecule has 4 nitrogen and oxygen atoms in total. The van der Waals surface area contributed by atoms with Crippen LogP contribution in [-0.4, -0.2) is 20.2 Å². The predicted octanol–water partition coefficient (Wildman–Crippen LogP) is 5.79. The Bertz CT molecular complexity index is 1120. The number of amides is 1. The number of aromatic nitrogens is 2. The molecule has 0 unspecified atom stereocenters. The number of halogens is 2. The van der Waals surface area contributed by atoms with Gasteiger partial charge in [0.25, 0.3) is 5.91 Å². The number of nitrogens with zero attached hydrogens (tertiary/aromatic N) is 3. The van der Waals surface area contributed by atoms with Crippen LogP contribution in [-0.2, 0) is 13.1 Å². The van der Waals surface area contributed by atoms with E-state index in [9.17, 15) is 4.79 Å². The summed E-state index contributed by atoms with van der Waals surface area (Å²) < 4.78 is 1.69. The van der Waals surface area contributed by atoms with Crippen molar-refractivity contribution in [3.8, 4) is 0 Å². The number of imidazole rings is 1. The van der Waals surface area contributed by atoms with Gasteiger partial charge in [0.05, 0.1) is 15.7 Å². The molecule has 0 aliphatic carbocycles. The number of fused-ring (bicyclic) bond motifs is 1. The standard InChI is InChI=1S/C23H19Cl2N3O/c1-16-21(28-15-19(24)12-20(25)22(28)26-16)23(29)27(13-17-8-4-2-5-9-17)14-18-10-6-3-7-11-18/h2-12,15H,13-14H2,1H3. The van der Waals surface area contributed by atoms with Crippen LogP contribution >= 0.6 is 23.2 Å². The van der Waals surface area contributed by atoms with Crippen molar-refractivity contribution in [1.82, 2.24) is 14.3 Å². The molecule has 0 atom stereocenters. The van der Waals surface area contributed by atoms with Crippen LogP contribution in [0.1, 0.15) is 27.3 Å². The summed E-state index contributed by atoms with van der Waals surface area (Å²) in [7, 11) is 0. The number of aryl methyl sites for hydroxylation is 1. The van der Waals surface area contributed by atoms with E-state index in [0.717, 1.165) is 11.1 Å². The van der Waals surface area contributed by atoms with Crippen LogP contribution in [0.4, 0.5) is 0 Å². The van der Waals surface area contributed by atoms with E-state index in [4.69, 9.17) is 23.2 Å². The number of pyridine rings is 1. The molecule has 0 spiro atoms. The van der Waals surface area contributed by atoms with E-state index in [0.29, 0.717) is 40.2 Å². The second-order valence-electron chi connectivity index (χ2n) is 6.88. The fourth-order valence-electron chi connectivity index (χ4n) is 3.40. The largest absolute Gasteiger partial charge is 0.329 e. The lowest BCUT2D eigenvalue weighted by Gasteiger charge is -2.23. The molecule has 0 fully saturated rings. The third-order valence-corrected chi connectivity index (χ3v) is 5.22. The summed E-state index contributed by atoms with van der Waals surface area (Å²) in [5.74, 6) is -0.124. The molecule has 2 heterocycles. The minimum atomic E-state index is -0.124. The molecule has 6 heteroatoms. The van der Waals surface area contributed by atoms with Crippen LogP contribution in [0.25, 0.3) is 5.65 Å². The summed E-state index contributed by atoms with van der Waals surface area (Å²) in [4.78, 5) is 20.0. The summed E-state index contributed by atoms with van der Waals surface area (Å²) in [6.07, 6.45) is 1.68. The highest BCUT2D eigenvalue weighted by Crippen LogP contribution is 2.26. The van der Waals surface area contributed by atoms with Gasteiger partial charge in [-0.05, 0) is 24.1 Å². The Labute approximate surface area is 179 Å². The highest BCUT2D eigenvalue weighted by Gasteiger charge is 2.24. The summed E-state index contributed by atoms with van der Waals surface area (Å²) in [5.41, 5.74) is 3.72. The molecule has 0 bridgehead atoms. The fourth-order valence-corrected chi connectivity index (χ4v) is 3.91. The van der Waals surface area contributed by atoms with Gasteiger partial charge in [0.1, 0.15) is 5.69 Å². The first kappa shape index (κ1) is 19.5. The molecule has 0 saturated heterocycles. The second kappa shape index (κ2) is 8.27.